The number of aliphatic hydroxyl groups is 1. The Hall–Kier alpha value is 1.67. The molecule has 0 spiro atoms. The molecular formula is C5H16ClI2NO. The van der Waals surface area contributed by atoms with Crippen molar-refractivity contribution in [2.24, 2.45) is 0 Å². The molecule has 0 rings (SSSR count). The minimum atomic E-state index is 0. The number of rotatable bonds is 2. The molecule has 0 saturated heterocycles. The summed E-state index contributed by atoms with van der Waals surface area (Å²) >= 11 is 0. The highest BCUT2D eigenvalue weighted by molar-refractivity contribution is 14.0. The van der Waals surface area contributed by atoms with E-state index in [1.807, 2.05) is 0 Å². The van der Waals surface area contributed by atoms with Crippen LogP contribution >= 0.6 is 36.4 Å². The van der Waals surface area contributed by atoms with Crippen molar-refractivity contribution >= 4 is 36.4 Å². The van der Waals surface area contributed by atoms with E-state index < -0.39 is 0 Å². The second-order valence-corrected chi connectivity index (χ2v) is 2.74. The van der Waals surface area contributed by atoms with Crippen molar-refractivity contribution in [1.82, 2.24) is 0 Å². The Kier molecular flexibility index (Phi) is 24.1. The topological polar surface area (TPSA) is 20.2 Å². The van der Waals surface area contributed by atoms with Gasteiger partial charge < -0.3 is 33.6 Å². The van der Waals surface area contributed by atoms with E-state index in [2.05, 4.69) is 21.1 Å². The largest absolute Gasteiger partial charge is 1.00 e. The SMILES string of the molecule is C[N+](C)(C)CCO.Cl.I.[I-]. The zero-order chi connectivity index (χ0) is 5.91. The molecule has 0 heterocycles. The maximum Gasteiger partial charge on any atom is 0.101 e. The van der Waals surface area contributed by atoms with Crippen LogP contribution in [0.1, 0.15) is 0 Å². The summed E-state index contributed by atoms with van der Waals surface area (Å²) in [5.41, 5.74) is 0. The predicted molar refractivity (Wildman–Crippen MR) is 52.6 cm³/mol. The first-order valence-corrected chi connectivity index (χ1v) is 2.47. The van der Waals surface area contributed by atoms with Crippen LogP contribution in [0, 0.1) is 0 Å². The van der Waals surface area contributed by atoms with Crippen molar-refractivity contribution in [3.8, 4) is 0 Å². The molecule has 68 valence electrons. The van der Waals surface area contributed by atoms with E-state index in [4.69, 9.17) is 5.11 Å². The molecule has 0 bridgehead atoms. The fourth-order valence-electron chi connectivity index (χ4n) is 0.300. The van der Waals surface area contributed by atoms with Gasteiger partial charge in [0, 0.05) is 0 Å². The Balaban J connectivity index is -0.0000000600. The van der Waals surface area contributed by atoms with E-state index >= 15 is 0 Å². The Morgan fingerprint density at radius 3 is 1.50 bits per heavy atom. The van der Waals surface area contributed by atoms with Crippen LogP contribution in [0.25, 0.3) is 0 Å². The van der Waals surface area contributed by atoms with Crippen LogP contribution in [0.3, 0.4) is 0 Å². The van der Waals surface area contributed by atoms with Crippen molar-refractivity contribution in [3.05, 3.63) is 0 Å². The maximum absolute atomic E-state index is 8.39. The van der Waals surface area contributed by atoms with Gasteiger partial charge in [-0.05, 0) is 0 Å². The third kappa shape index (κ3) is 22.6. The normalized spacial score (nSPS) is 8.40. The second-order valence-electron chi connectivity index (χ2n) is 2.74. The first-order chi connectivity index (χ1) is 3.06. The molecule has 10 heavy (non-hydrogen) atoms. The molecule has 0 amide bonds. The molecule has 0 unspecified atom stereocenters. The molecule has 5 heteroatoms. The molecule has 0 saturated carbocycles. The average molecular weight is 395 g/mol. The highest BCUT2D eigenvalue weighted by Crippen LogP contribution is 1.84. The lowest BCUT2D eigenvalue weighted by Gasteiger charge is -2.21. The standard InChI is InChI=1S/C5H14NO.ClH.2HI/c1-6(2,3)4-5-7;;;/h7H,4-5H2,1-3H3;3*1H/q+1;;;/p-1. The molecule has 0 fully saturated rings. The molecule has 0 aliphatic carbocycles. The van der Waals surface area contributed by atoms with Gasteiger partial charge in [-0.15, -0.1) is 36.4 Å². The molecule has 0 aromatic rings. The van der Waals surface area contributed by atoms with Gasteiger partial charge >= 0.3 is 0 Å². The van der Waals surface area contributed by atoms with Gasteiger partial charge in [0.25, 0.3) is 0 Å². The number of hydrogen-bond acceptors (Lipinski definition) is 1. The molecule has 2 nitrogen and oxygen atoms in total. The van der Waals surface area contributed by atoms with E-state index in [9.17, 15) is 0 Å². The van der Waals surface area contributed by atoms with Gasteiger partial charge in [0.05, 0.1) is 27.7 Å². The van der Waals surface area contributed by atoms with Gasteiger partial charge in [-0.25, -0.2) is 0 Å². The summed E-state index contributed by atoms with van der Waals surface area (Å²) in [6.45, 7) is 1.11. The Labute approximate surface area is 103 Å². The lowest BCUT2D eigenvalue weighted by Crippen LogP contribution is -3.00. The summed E-state index contributed by atoms with van der Waals surface area (Å²) in [6, 6.07) is 0. The van der Waals surface area contributed by atoms with Crippen LogP contribution in [0.5, 0.6) is 0 Å². The van der Waals surface area contributed by atoms with Crippen LogP contribution in [0.2, 0.25) is 0 Å². The van der Waals surface area contributed by atoms with Gasteiger partial charge in [0.15, 0.2) is 0 Å². The van der Waals surface area contributed by atoms with Crippen LogP contribution in [-0.4, -0.2) is 43.9 Å². The summed E-state index contributed by atoms with van der Waals surface area (Å²) in [4.78, 5) is 0. The van der Waals surface area contributed by atoms with Gasteiger partial charge in [-0.3, -0.25) is 0 Å². The number of nitrogens with zero attached hydrogens (tertiary/aromatic N) is 1. The summed E-state index contributed by atoms with van der Waals surface area (Å²) in [5, 5.41) is 8.39. The lowest BCUT2D eigenvalue weighted by atomic mass is 10.5. The molecule has 1 N–H and O–H groups in total. The van der Waals surface area contributed by atoms with E-state index in [1.165, 1.54) is 0 Å². The number of halogens is 3. The van der Waals surface area contributed by atoms with Crippen molar-refractivity contribution in [2.45, 2.75) is 0 Å². The summed E-state index contributed by atoms with van der Waals surface area (Å²) in [5.74, 6) is 0. The third-order valence-corrected chi connectivity index (χ3v) is 0.771. The van der Waals surface area contributed by atoms with Crippen molar-refractivity contribution < 1.29 is 33.6 Å². The van der Waals surface area contributed by atoms with Crippen LogP contribution < -0.4 is 24.0 Å². The fourth-order valence-corrected chi connectivity index (χ4v) is 0.300. The molecule has 0 aliphatic heterocycles. The molecule has 0 aliphatic rings. The fraction of sp³-hybridized carbons (Fsp3) is 1.00. The molecule has 0 radical (unpaired) electrons. The Morgan fingerprint density at radius 2 is 1.50 bits per heavy atom. The van der Waals surface area contributed by atoms with Gasteiger partial charge in [-0.2, -0.15) is 0 Å². The average Bonchev–Trinajstić information content (AvgIpc) is 1.30. The monoisotopic (exact) mass is 395 g/mol. The number of quaternary nitrogens is 1. The van der Waals surface area contributed by atoms with Crippen LogP contribution in [0.15, 0.2) is 0 Å². The maximum atomic E-state index is 8.39. The zero-order valence-corrected chi connectivity index (χ0v) is 11.8. The minimum absolute atomic E-state index is 0. The van der Waals surface area contributed by atoms with Gasteiger partial charge in [-0.1, -0.05) is 0 Å². The smallest absolute Gasteiger partial charge is 0.101 e. The van der Waals surface area contributed by atoms with Crippen LogP contribution in [0.4, 0.5) is 0 Å². The van der Waals surface area contributed by atoms with Gasteiger partial charge in [0.1, 0.15) is 6.54 Å². The van der Waals surface area contributed by atoms with Crippen molar-refractivity contribution in [2.75, 3.05) is 34.3 Å². The first kappa shape index (κ1) is 22.6. The van der Waals surface area contributed by atoms with E-state index in [-0.39, 0.29) is 67.0 Å². The minimum Gasteiger partial charge on any atom is -1.00 e. The number of hydrogen-bond donors (Lipinski definition) is 1. The van der Waals surface area contributed by atoms with E-state index in [1.54, 1.807) is 0 Å². The third-order valence-electron chi connectivity index (χ3n) is 0.771. The Morgan fingerprint density at radius 1 is 1.20 bits per heavy atom. The molecular weight excluding hydrogens is 379 g/mol. The quantitative estimate of drug-likeness (QED) is 0.413. The van der Waals surface area contributed by atoms with Crippen LogP contribution in [-0.2, 0) is 0 Å². The highest BCUT2D eigenvalue weighted by atomic mass is 127. The summed E-state index contributed by atoms with van der Waals surface area (Å²) < 4.78 is 0.844. The molecule has 0 aromatic heterocycles. The molecule has 0 atom stereocenters. The number of likely N-dealkylation sites (N-methyl/N-ethyl adjacent to an activating group) is 1. The summed E-state index contributed by atoms with van der Waals surface area (Å²) in [6.07, 6.45) is 0. The highest BCUT2D eigenvalue weighted by Gasteiger charge is 2.02. The van der Waals surface area contributed by atoms with E-state index in [0.29, 0.717) is 0 Å². The second kappa shape index (κ2) is 10.7. The van der Waals surface area contributed by atoms with Gasteiger partial charge in [0.2, 0.25) is 0 Å². The number of aliphatic hydroxyl groups excluding tert-OH is 1. The molecule has 0 aromatic carbocycles. The lowest BCUT2D eigenvalue weighted by molar-refractivity contribution is -0.870. The van der Waals surface area contributed by atoms with Crippen molar-refractivity contribution in [3.63, 3.8) is 0 Å². The van der Waals surface area contributed by atoms with Crippen molar-refractivity contribution in [1.29, 1.82) is 0 Å². The zero-order valence-electron chi connectivity index (χ0n) is 6.50. The Bertz CT molecular complexity index is 58.1. The van der Waals surface area contributed by atoms with E-state index in [0.717, 1.165) is 11.0 Å². The predicted octanol–water partition coefficient (Wildman–Crippen LogP) is -2.27. The first-order valence-electron chi connectivity index (χ1n) is 2.47. The summed E-state index contributed by atoms with van der Waals surface area (Å²) in [7, 11) is 6.16.